The van der Waals surface area contributed by atoms with E-state index < -0.39 is 32.9 Å². The van der Waals surface area contributed by atoms with Gasteiger partial charge in [0.1, 0.15) is 57.9 Å². The summed E-state index contributed by atoms with van der Waals surface area (Å²) in [5, 5.41) is 7.84. The van der Waals surface area contributed by atoms with Gasteiger partial charge in [0, 0.05) is 13.8 Å². The summed E-state index contributed by atoms with van der Waals surface area (Å²) in [5.41, 5.74) is 0. The van der Waals surface area contributed by atoms with Crippen LogP contribution in [0, 0.1) is 0 Å². The summed E-state index contributed by atoms with van der Waals surface area (Å²) in [4.78, 5) is 22.2. The number of esters is 2. The van der Waals surface area contributed by atoms with Crippen LogP contribution in [0.3, 0.4) is 0 Å². The SMILES string of the molecule is CC(=O)Oc1ccc([P+](C)(c2ccccc2)c2ccccc2)cc1.CC(=O)Oc1ccc([P+](C)(c2ccccc2)c2ccccc2)cc1.[Cl][Mn-]([Cl])([Cl])[Cl].[Cl][Mn-]([Cl])([Cl])[Cl]. The van der Waals surface area contributed by atoms with E-state index in [0.717, 1.165) is 0 Å². The Morgan fingerprint density at radius 1 is 0.362 bits per heavy atom. The third kappa shape index (κ3) is 17.5. The maximum absolute atomic E-state index is 11.1. The van der Waals surface area contributed by atoms with Gasteiger partial charge in [0.15, 0.2) is 0 Å². The molecule has 4 nitrogen and oxygen atoms in total. The van der Waals surface area contributed by atoms with Crippen LogP contribution in [0.1, 0.15) is 13.8 Å². The van der Waals surface area contributed by atoms with Crippen LogP contribution in [-0.4, -0.2) is 25.3 Å². The minimum absolute atomic E-state index is 0.300. The van der Waals surface area contributed by atoms with Gasteiger partial charge in [0.2, 0.25) is 0 Å². The number of carbonyl (C=O) groups is 2. The van der Waals surface area contributed by atoms with Crippen LogP contribution in [0.5, 0.6) is 11.5 Å². The molecule has 312 valence electrons. The minimum atomic E-state index is -2.74. The Morgan fingerprint density at radius 2 is 0.534 bits per heavy atom. The molecule has 0 atom stereocenters. The van der Waals surface area contributed by atoms with Crippen molar-refractivity contribution in [1.29, 1.82) is 0 Å². The first-order valence-corrected chi connectivity index (χ1v) is 34.4. The van der Waals surface area contributed by atoms with Crippen molar-refractivity contribution in [3.63, 3.8) is 0 Å². The molecule has 16 heteroatoms. The molecule has 0 spiro atoms. The second kappa shape index (κ2) is 24.2. The number of ether oxygens (including phenoxy) is 2. The Morgan fingerprint density at radius 3 is 0.707 bits per heavy atom. The number of benzene rings is 6. The first-order valence-electron chi connectivity index (χ1n) is 16.9. The molecular weight excluding hydrogens is 1020 g/mol. The van der Waals surface area contributed by atoms with Crippen molar-refractivity contribution >= 4 is 139 Å². The molecule has 6 rings (SSSR count). The second-order valence-electron chi connectivity index (χ2n) is 12.2. The summed E-state index contributed by atoms with van der Waals surface area (Å²) in [6, 6.07) is 58.2. The summed E-state index contributed by atoms with van der Waals surface area (Å²) in [6.45, 7) is 7.49. The Labute approximate surface area is 381 Å². The van der Waals surface area contributed by atoms with Crippen LogP contribution in [0.2, 0.25) is 0 Å². The molecule has 0 radical (unpaired) electrons. The summed E-state index contributed by atoms with van der Waals surface area (Å²) in [7, 11) is 30.8. The van der Waals surface area contributed by atoms with Crippen molar-refractivity contribution in [2.75, 3.05) is 13.3 Å². The Balaban J connectivity index is 0.000000252. The van der Waals surface area contributed by atoms with Crippen molar-refractivity contribution in [1.82, 2.24) is 0 Å². The molecule has 0 bridgehead atoms. The van der Waals surface area contributed by atoms with Gasteiger partial charge in [-0.15, -0.1) is 0 Å². The fourth-order valence-electron chi connectivity index (χ4n) is 5.76. The van der Waals surface area contributed by atoms with E-state index in [1.807, 2.05) is 48.5 Å². The standard InChI is InChI=1S/2C21H20O2P.8ClH.2Mn/c2*1-17(22)23-18-13-15-21(16-14-18)24(2,19-9-5-3-6-10-19)20-11-7-4-8-12-20;;;;;;;;;;/h2*3-16H,1-2H3;8*1H;;/q2*+1;;;;;;;;;2*+3/p-8. The Bertz CT molecular complexity index is 1900. The molecule has 0 saturated heterocycles. The van der Waals surface area contributed by atoms with E-state index in [9.17, 15) is 9.59 Å². The van der Waals surface area contributed by atoms with E-state index in [1.165, 1.54) is 45.7 Å². The van der Waals surface area contributed by atoms with Crippen molar-refractivity contribution < 1.29 is 37.5 Å². The third-order valence-electron chi connectivity index (χ3n) is 8.32. The average Bonchev–Trinajstić information content (AvgIpc) is 3.18. The number of rotatable bonds is 8. The normalized spacial score (nSPS) is 11.8. The molecule has 0 aliphatic heterocycles. The van der Waals surface area contributed by atoms with E-state index >= 15 is 0 Å². The van der Waals surface area contributed by atoms with Gasteiger partial charge in [0.25, 0.3) is 0 Å². The third-order valence-corrected chi connectivity index (χ3v) is 16.3. The zero-order chi connectivity index (χ0) is 43.0. The van der Waals surface area contributed by atoms with Gasteiger partial charge in [-0.2, -0.15) is 0 Å². The molecule has 0 fully saturated rings. The first kappa shape index (κ1) is 50.8. The van der Waals surface area contributed by atoms with Crippen LogP contribution in [-0.2, 0) is 28.0 Å². The fourth-order valence-corrected chi connectivity index (χ4v) is 12.1. The van der Waals surface area contributed by atoms with E-state index in [2.05, 4.69) is 135 Å². The summed E-state index contributed by atoms with van der Waals surface area (Å²) in [6.07, 6.45) is 0. The van der Waals surface area contributed by atoms with Crippen LogP contribution in [0.15, 0.2) is 170 Å². The molecule has 0 N–H and O–H groups in total. The number of halogens is 8. The van der Waals surface area contributed by atoms with Gasteiger partial charge in [-0.05, 0) is 97.1 Å². The zero-order valence-electron chi connectivity index (χ0n) is 31.5. The molecule has 0 heterocycles. The average molecular weight is 1060 g/mol. The summed E-state index contributed by atoms with van der Waals surface area (Å²) < 4.78 is 10.3. The first-order chi connectivity index (χ1) is 27.2. The summed E-state index contributed by atoms with van der Waals surface area (Å²) >= 11 is 0. The van der Waals surface area contributed by atoms with E-state index in [1.54, 1.807) is 0 Å². The molecule has 0 aliphatic rings. The molecule has 0 amide bonds. The molecule has 58 heavy (non-hydrogen) atoms. The molecular formula is C42H40Cl8Mn2O4P2. The summed E-state index contributed by atoms with van der Waals surface area (Å²) in [5.74, 6) is 0.565. The number of carbonyl (C=O) groups excluding carboxylic acids is 2. The predicted molar refractivity (Wildman–Crippen MR) is 252 cm³/mol. The predicted octanol–water partition coefficient (Wildman–Crippen LogP) is 12.6. The quantitative estimate of drug-likeness (QED) is 0.0660. The van der Waals surface area contributed by atoms with Crippen LogP contribution < -0.4 is 41.3 Å². The van der Waals surface area contributed by atoms with Gasteiger partial charge in [-0.25, -0.2) is 0 Å². The number of hydrogen-bond acceptors (Lipinski definition) is 4. The zero-order valence-corrected chi connectivity index (χ0v) is 41.7. The van der Waals surface area contributed by atoms with Crippen molar-refractivity contribution in [3.8, 4) is 11.5 Å². The molecule has 0 aliphatic carbocycles. The molecule has 0 unspecified atom stereocenters. The Kier molecular flexibility index (Phi) is 21.2. The van der Waals surface area contributed by atoms with E-state index in [-0.39, 0.29) is 11.9 Å². The van der Waals surface area contributed by atoms with Gasteiger partial charge >= 0.3 is 111 Å². The second-order valence-corrected chi connectivity index (χ2v) is 42.7. The van der Waals surface area contributed by atoms with Gasteiger partial charge < -0.3 is 9.47 Å². The van der Waals surface area contributed by atoms with Crippen LogP contribution in [0.4, 0.5) is 0 Å². The topological polar surface area (TPSA) is 52.6 Å². The van der Waals surface area contributed by atoms with E-state index in [0.29, 0.717) is 11.5 Å². The molecule has 0 saturated carbocycles. The number of hydrogen-bond donors (Lipinski definition) is 0. The van der Waals surface area contributed by atoms with E-state index in [4.69, 9.17) is 90.3 Å². The Hall–Kier alpha value is -1.52. The maximum atomic E-state index is 11.1. The molecule has 0 aromatic heterocycles. The monoisotopic (exact) mass is 1060 g/mol. The molecule has 6 aromatic rings. The van der Waals surface area contributed by atoms with Crippen molar-refractivity contribution in [2.24, 2.45) is 0 Å². The fraction of sp³-hybridized carbons (Fsp3) is 0.0952. The van der Waals surface area contributed by atoms with Crippen LogP contribution >= 0.6 is 95.3 Å². The van der Waals surface area contributed by atoms with Crippen molar-refractivity contribution in [3.05, 3.63) is 170 Å². The van der Waals surface area contributed by atoms with Crippen LogP contribution in [0.25, 0.3) is 0 Å². The molecule has 6 aromatic carbocycles. The van der Waals surface area contributed by atoms with Gasteiger partial charge in [-0.3, -0.25) is 9.59 Å². The van der Waals surface area contributed by atoms with Gasteiger partial charge in [-0.1, -0.05) is 72.8 Å². The van der Waals surface area contributed by atoms with Crippen molar-refractivity contribution in [2.45, 2.75) is 13.8 Å². The van der Waals surface area contributed by atoms with Gasteiger partial charge in [0.05, 0.1) is 13.3 Å².